The largest absolute Gasteiger partial charge is 0.492 e. The van der Waals surface area contributed by atoms with Crippen molar-refractivity contribution < 1.29 is 17.9 Å². The maximum absolute atomic E-state index is 12.5. The number of carbonyl (C=O) groups is 1. The van der Waals surface area contributed by atoms with Crippen molar-refractivity contribution in [2.24, 2.45) is 0 Å². The first-order chi connectivity index (χ1) is 14.2. The normalized spacial score (nSPS) is 12.4. The summed E-state index contributed by atoms with van der Waals surface area (Å²) in [5.41, 5.74) is 1.46. The SMILES string of the molecule is Cc1ccc(OCC(C)NS(=O)(=O)c2nnc(NC(=O)c3ccc(Cl)cc3)s2)cc1. The second kappa shape index (κ2) is 9.52. The zero-order valence-corrected chi connectivity index (χ0v) is 18.5. The molecule has 0 aliphatic heterocycles. The summed E-state index contributed by atoms with van der Waals surface area (Å²) < 4.78 is 32.9. The molecular formula is C19H19ClN4O4S2. The van der Waals surface area contributed by atoms with E-state index in [9.17, 15) is 13.2 Å². The van der Waals surface area contributed by atoms with E-state index in [1.807, 2.05) is 31.2 Å². The predicted octanol–water partition coefficient (Wildman–Crippen LogP) is 3.50. The number of hydrogen-bond acceptors (Lipinski definition) is 7. The molecule has 3 rings (SSSR count). The first-order valence-corrected chi connectivity index (χ1v) is 11.5. The minimum atomic E-state index is -3.91. The average molecular weight is 467 g/mol. The molecule has 1 aromatic heterocycles. The number of sulfonamides is 1. The van der Waals surface area contributed by atoms with Crippen LogP contribution in [0.25, 0.3) is 0 Å². The van der Waals surface area contributed by atoms with Gasteiger partial charge in [-0.05, 0) is 50.2 Å². The molecule has 0 bridgehead atoms. The Morgan fingerprint density at radius 2 is 1.80 bits per heavy atom. The fourth-order valence-corrected chi connectivity index (χ4v) is 4.61. The highest BCUT2D eigenvalue weighted by Crippen LogP contribution is 2.21. The van der Waals surface area contributed by atoms with Crippen molar-refractivity contribution in [1.29, 1.82) is 0 Å². The van der Waals surface area contributed by atoms with Gasteiger partial charge in [0.15, 0.2) is 0 Å². The van der Waals surface area contributed by atoms with E-state index < -0.39 is 22.0 Å². The Hall–Kier alpha value is -2.53. The van der Waals surface area contributed by atoms with E-state index >= 15 is 0 Å². The Morgan fingerprint density at radius 1 is 1.13 bits per heavy atom. The van der Waals surface area contributed by atoms with Crippen molar-refractivity contribution >= 4 is 44.0 Å². The quantitative estimate of drug-likeness (QED) is 0.491. The topological polar surface area (TPSA) is 110 Å². The number of anilines is 1. The van der Waals surface area contributed by atoms with Gasteiger partial charge < -0.3 is 4.74 Å². The van der Waals surface area contributed by atoms with Crippen LogP contribution in [0.1, 0.15) is 22.8 Å². The molecule has 0 radical (unpaired) electrons. The van der Waals surface area contributed by atoms with Gasteiger partial charge >= 0.3 is 0 Å². The molecule has 1 amide bonds. The Labute approximate surface area is 183 Å². The zero-order chi connectivity index (χ0) is 21.7. The van der Waals surface area contributed by atoms with Crippen LogP contribution in [-0.4, -0.2) is 37.2 Å². The fourth-order valence-electron chi connectivity index (χ4n) is 2.34. The number of aryl methyl sites for hydroxylation is 1. The van der Waals surface area contributed by atoms with Crippen molar-refractivity contribution in [3.63, 3.8) is 0 Å². The van der Waals surface area contributed by atoms with E-state index in [2.05, 4.69) is 20.2 Å². The lowest BCUT2D eigenvalue weighted by atomic mass is 10.2. The second-order valence-electron chi connectivity index (χ2n) is 6.48. The van der Waals surface area contributed by atoms with Gasteiger partial charge in [0.2, 0.25) is 9.47 Å². The van der Waals surface area contributed by atoms with Crippen molar-refractivity contribution in [3.05, 3.63) is 64.7 Å². The standard InChI is InChI=1S/C19H19ClN4O4S2/c1-12-3-9-16(10-4-12)28-11-13(2)24-30(26,27)19-23-22-18(29-19)21-17(25)14-5-7-15(20)8-6-14/h3-10,13,24H,11H2,1-2H3,(H,21,22,25). The maximum Gasteiger partial charge on any atom is 0.270 e. The molecule has 0 saturated carbocycles. The lowest BCUT2D eigenvalue weighted by Gasteiger charge is -2.14. The fraction of sp³-hybridized carbons (Fsp3) is 0.211. The summed E-state index contributed by atoms with van der Waals surface area (Å²) in [4.78, 5) is 12.2. The third kappa shape index (κ3) is 5.99. The first-order valence-electron chi connectivity index (χ1n) is 8.85. The monoisotopic (exact) mass is 466 g/mol. The van der Waals surface area contributed by atoms with Gasteiger partial charge in [0.1, 0.15) is 12.4 Å². The van der Waals surface area contributed by atoms with Gasteiger partial charge in [-0.2, -0.15) is 0 Å². The summed E-state index contributed by atoms with van der Waals surface area (Å²) in [6.45, 7) is 3.78. The van der Waals surface area contributed by atoms with E-state index in [0.29, 0.717) is 16.3 Å². The average Bonchev–Trinajstić information content (AvgIpc) is 3.17. The summed E-state index contributed by atoms with van der Waals surface area (Å²) in [5, 5.41) is 10.5. The van der Waals surface area contributed by atoms with Crippen LogP contribution in [0.2, 0.25) is 5.02 Å². The van der Waals surface area contributed by atoms with Crippen LogP contribution < -0.4 is 14.8 Å². The van der Waals surface area contributed by atoms with Crippen molar-refractivity contribution in [1.82, 2.24) is 14.9 Å². The number of halogens is 1. The minimum Gasteiger partial charge on any atom is -0.492 e. The highest BCUT2D eigenvalue weighted by molar-refractivity contribution is 7.91. The lowest BCUT2D eigenvalue weighted by Crippen LogP contribution is -2.36. The molecule has 1 unspecified atom stereocenters. The molecule has 11 heteroatoms. The van der Waals surface area contributed by atoms with Gasteiger partial charge in [-0.25, -0.2) is 13.1 Å². The third-order valence-electron chi connectivity index (χ3n) is 3.84. The summed E-state index contributed by atoms with van der Waals surface area (Å²) in [6, 6.07) is 13.2. The molecule has 0 aliphatic rings. The number of aromatic nitrogens is 2. The molecule has 30 heavy (non-hydrogen) atoms. The van der Waals surface area contributed by atoms with Crippen LogP contribution in [0, 0.1) is 6.92 Å². The number of nitrogens with one attached hydrogen (secondary N) is 2. The van der Waals surface area contributed by atoms with Crippen molar-refractivity contribution in [3.8, 4) is 5.75 Å². The minimum absolute atomic E-state index is 0.0684. The van der Waals surface area contributed by atoms with Crippen molar-refractivity contribution in [2.75, 3.05) is 11.9 Å². The number of ether oxygens (including phenoxy) is 1. The molecule has 0 saturated heterocycles. The molecule has 3 aromatic rings. The van der Waals surface area contributed by atoms with Crippen LogP contribution in [-0.2, 0) is 10.0 Å². The summed E-state index contributed by atoms with van der Waals surface area (Å²) >= 11 is 6.55. The van der Waals surface area contributed by atoms with Crippen LogP contribution in [0.3, 0.4) is 0 Å². The second-order valence-corrected chi connectivity index (χ2v) is 9.78. The number of nitrogens with zero attached hydrogens (tertiary/aromatic N) is 2. The molecule has 1 atom stereocenters. The number of hydrogen-bond donors (Lipinski definition) is 2. The zero-order valence-electron chi connectivity index (χ0n) is 16.1. The molecule has 158 valence electrons. The Bertz CT molecular complexity index is 1120. The molecule has 0 aliphatic carbocycles. The van der Waals surface area contributed by atoms with E-state index in [0.717, 1.165) is 16.9 Å². The smallest absolute Gasteiger partial charge is 0.270 e. The number of benzene rings is 2. The Balaban J connectivity index is 1.58. The van der Waals surface area contributed by atoms with E-state index in [1.165, 1.54) is 0 Å². The summed E-state index contributed by atoms with van der Waals surface area (Å²) in [7, 11) is -3.91. The Kier molecular flexibility index (Phi) is 7.03. The number of carbonyl (C=O) groups excluding carboxylic acids is 1. The number of rotatable bonds is 8. The molecule has 1 heterocycles. The molecule has 2 aromatic carbocycles. The van der Waals surface area contributed by atoms with Gasteiger partial charge in [-0.1, -0.05) is 40.6 Å². The molecule has 0 spiro atoms. The van der Waals surface area contributed by atoms with Gasteiger partial charge in [0.25, 0.3) is 15.9 Å². The molecule has 0 fully saturated rings. The van der Waals surface area contributed by atoms with Crippen molar-refractivity contribution in [2.45, 2.75) is 24.2 Å². The van der Waals surface area contributed by atoms with E-state index in [1.54, 1.807) is 31.2 Å². The third-order valence-corrected chi connectivity index (χ3v) is 6.89. The van der Waals surface area contributed by atoms with Gasteiger partial charge in [-0.15, -0.1) is 10.2 Å². The highest BCUT2D eigenvalue weighted by atomic mass is 35.5. The highest BCUT2D eigenvalue weighted by Gasteiger charge is 2.23. The molecule has 2 N–H and O–H groups in total. The van der Waals surface area contributed by atoms with Crippen LogP contribution in [0.5, 0.6) is 5.75 Å². The van der Waals surface area contributed by atoms with Gasteiger partial charge in [-0.3, -0.25) is 10.1 Å². The summed E-state index contributed by atoms with van der Waals surface area (Å²) in [5.74, 6) is 0.203. The number of amides is 1. The lowest BCUT2D eigenvalue weighted by molar-refractivity contribution is 0.102. The van der Waals surface area contributed by atoms with Gasteiger partial charge in [0, 0.05) is 10.6 Å². The van der Waals surface area contributed by atoms with E-state index in [-0.39, 0.29) is 16.1 Å². The molecule has 8 nitrogen and oxygen atoms in total. The Morgan fingerprint density at radius 3 is 2.47 bits per heavy atom. The molecular weight excluding hydrogens is 448 g/mol. The van der Waals surface area contributed by atoms with Gasteiger partial charge in [0.05, 0.1) is 6.04 Å². The maximum atomic E-state index is 12.5. The first kappa shape index (κ1) is 22.2. The van der Waals surface area contributed by atoms with Crippen LogP contribution in [0.15, 0.2) is 52.9 Å². The predicted molar refractivity (Wildman–Crippen MR) is 116 cm³/mol. The summed E-state index contributed by atoms with van der Waals surface area (Å²) in [6.07, 6.45) is 0. The van der Waals surface area contributed by atoms with Crippen LogP contribution in [0.4, 0.5) is 5.13 Å². The van der Waals surface area contributed by atoms with E-state index in [4.69, 9.17) is 16.3 Å². The van der Waals surface area contributed by atoms with Crippen LogP contribution >= 0.6 is 22.9 Å².